The number of rotatable bonds is 6. The van der Waals surface area contributed by atoms with E-state index < -0.39 is 18.0 Å². The number of ether oxygens (including phenoxy) is 1. The van der Waals surface area contributed by atoms with E-state index in [1.165, 1.54) is 13.1 Å². The van der Waals surface area contributed by atoms with Gasteiger partial charge in [-0.2, -0.15) is 0 Å². The molecule has 5 nitrogen and oxygen atoms in total. The molecule has 142 valence electrons. The molecule has 28 heavy (non-hydrogen) atoms. The fourth-order valence-electron chi connectivity index (χ4n) is 2.64. The summed E-state index contributed by atoms with van der Waals surface area (Å²) < 4.78 is 5.37. The monoisotopic (exact) mass is 394 g/mol. The van der Waals surface area contributed by atoms with Crippen molar-refractivity contribution in [1.82, 2.24) is 4.98 Å². The van der Waals surface area contributed by atoms with Crippen LogP contribution in [0.5, 0.6) is 0 Å². The predicted octanol–water partition coefficient (Wildman–Crippen LogP) is 4.51. The Labute approximate surface area is 168 Å². The van der Waals surface area contributed by atoms with Crippen LogP contribution in [0, 0.1) is 0 Å². The van der Waals surface area contributed by atoms with Gasteiger partial charge in [-0.15, -0.1) is 0 Å². The molecule has 6 heteroatoms. The van der Waals surface area contributed by atoms with Gasteiger partial charge in [-0.3, -0.25) is 4.79 Å². The van der Waals surface area contributed by atoms with E-state index in [4.69, 9.17) is 16.3 Å². The first-order chi connectivity index (χ1) is 13.5. The van der Waals surface area contributed by atoms with E-state index in [2.05, 4.69) is 10.3 Å². The summed E-state index contributed by atoms with van der Waals surface area (Å²) in [6.07, 6.45) is 1.05. The number of nitrogens with one attached hydrogen (secondary N) is 1. The van der Waals surface area contributed by atoms with Crippen LogP contribution in [0.25, 0.3) is 0 Å². The largest absolute Gasteiger partial charge is 0.449 e. The number of carbonyl (C=O) groups excluding carboxylic acids is 2. The van der Waals surface area contributed by atoms with Crippen LogP contribution >= 0.6 is 11.6 Å². The molecule has 3 aromatic rings. The Bertz CT molecular complexity index is 959. The lowest BCUT2D eigenvalue weighted by atomic mass is 10.00. The second-order valence-corrected chi connectivity index (χ2v) is 6.65. The fourth-order valence-corrected chi connectivity index (χ4v) is 2.76. The maximum absolute atomic E-state index is 12.6. The minimum absolute atomic E-state index is 0.335. The van der Waals surface area contributed by atoms with Crippen molar-refractivity contribution in [2.24, 2.45) is 0 Å². The number of anilines is 1. The molecule has 0 saturated carbocycles. The van der Waals surface area contributed by atoms with Gasteiger partial charge in [0.25, 0.3) is 5.91 Å². The molecule has 0 radical (unpaired) electrons. The van der Waals surface area contributed by atoms with Crippen molar-refractivity contribution >= 4 is 29.3 Å². The maximum atomic E-state index is 12.6. The number of esters is 1. The number of carbonyl (C=O) groups is 2. The van der Waals surface area contributed by atoms with E-state index in [1.54, 1.807) is 24.3 Å². The third kappa shape index (κ3) is 5.18. The molecule has 1 unspecified atom stereocenters. The molecule has 0 spiro atoms. The smallest absolute Gasteiger partial charge is 0.339 e. The van der Waals surface area contributed by atoms with Crippen LogP contribution < -0.4 is 5.32 Å². The second kappa shape index (κ2) is 9.15. The third-order valence-electron chi connectivity index (χ3n) is 4.11. The third-order valence-corrected chi connectivity index (χ3v) is 4.33. The van der Waals surface area contributed by atoms with Gasteiger partial charge in [0.1, 0.15) is 5.82 Å². The Kier molecular flexibility index (Phi) is 6.40. The number of aromatic nitrogens is 1. The average molecular weight is 395 g/mol. The molecule has 0 fully saturated rings. The lowest BCUT2D eigenvalue weighted by molar-refractivity contribution is -0.123. The molecule has 0 aliphatic rings. The number of benzene rings is 2. The molecule has 0 aliphatic carbocycles. The summed E-state index contributed by atoms with van der Waals surface area (Å²) in [6.45, 7) is 1.52. The molecule has 3 rings (SSSR count). The van der Waals surface area contributed by atoms with Gasteiger partial charge in [-0.25, -0.2) is 9.78 Å². The molecule has 0 aliphatic heterocycles. The van der Waals surface area contributed by atoms with Crippen LogP contribution in [0.15, 0.2) is 72.9 Å². The molecular formula is C22H19ClN2O3. The number of hydrogen-bond acceptors (Lipinski definition) is 4. The highest BCUT2D eigenvalue weighted by molar-refractivity contribution is 6.30. The van der Waals surface area contributed by atoms with Gasteiger partial charge in [0.2, 0.25) is 0 Å². The number of hydrogen-bond donors (Lipinski definition) is 1. The summed E-state index contributed by atoms with van der Waals surface area (Å²) in [5.74, 6) is -0.677. The summed E-state index contributed by atoms with van der Waals surface area (Å²) in [4.78, 5) is 28.9. The molecule has 1 atom stereocenters. The van der Waals surface area contributed by atoms with Gasteiger partial charge in [0.05, 0.1) is 10.6 Å². The minimum atomic E-state index is -0.977. The summed E-state index contributed by atoms with van der Waals surface area (Å²) in [7, 11) is 0. The van der Waals surface area contributed by atoms with Crippen molar-refractivity contribution in [3.8, 4) is 0 Å². The van der Waals surface area contributed by atoms with Gasteiger partial charge in [0.15, 0.2) is 6.10 Å². The highest BCUT2D eigenvalue weighted by Gasteiger charge is 2.21. The van der Waals surface area contributed by atoms with Crippen molar-refractivity contribution in [3.63, 3.8) is 0 Å². The molecule has 1 heterocycles. The Morgan fingerprint density at radius 1 is 1.04 bits per heavy atom. The zero-order valence-electron chi connectivity index (χ0n) is 15.3. The van der Waals surface area contributed by atoms with Gasteiger partial charge in [-0.1, -0.05) is 60.1 Å². The van der Waals surface area contributed by atoms with Crippen LogP contribution in [0.4, 0.5) is 5.82 Å². The first-order valence-electron chi connectivity index (χ1n) is 8.78. The quantitative estimate of drug-likeness (QED) is 0.624. The van der Waals surface area contributed by atoms with E-state index in [1.807, 2.05) is 42.5 Å². The molecule has 1 aromatic heterocycles. The van der Waals surface area contributed by atoms with E-state index in [0.29, 0.717) is 22.8 Å². The highest BCUT2D eigenvalue weighted by Crippen LogP contribution is 2.17. The minimum Gasteiger partial charge on any atom is -0.449 e. The van der Waals surface area contributed by atoms with E-state index >= 15 is 0 Å². The lowest BCUT2D eigenvalue weighted by Crippen LogP contribution is -2.30. The Balaban J connectivity index is 1.67. The normalized spacial score (nSPS) is 11.5. The first kappa shape index (κ1) is 19.6. The number of halogens is 1. The van der Waals surface area contributed by atoms with Crippen molar-refractivity contribution < 1.29 is 14.3 Å². The molecule has 1 amide bonds. The predicted molar refractivity (Wildman–Crippen MR) is 108 cm³/mol. The Hall–Kier alpha value is -3.18. The van der Waals surface area contributed by atoms with Crippen molar-refractivity contribution in [1.29, 1.82) is 0 Å². The van der Waals surface area contributed by atoms with Crippen molar-refractivity contribution in [2.45, 2.75) is 19.4 Å². The molecule has 0 saturated heterocycles. The topological polar surface area (TPSA) is 68.3 Å². The Morgan fingerprint density at radius 2 is 1.75 bits per heavy atom. The van der Waals surface area contributed by atoms with Crippen LogP contribution in [0.1, 0.15) is 28.4 Å². The summed E-state index contributed by atoms with van der Waals surface area (Å²) in [5.41, 5.74) is 2.36. The molecule has 0 bridgehead atoms. The fraction of sp³-hybridized carbons (Fsp3) is 0.136. The Morgan fingerprint density at radius 3 is 2.46 bits per heavy atom. The highest BCUT2D eigenvalue weighted by atomic mass is 35.5. The van der Waals surface area contributed by atoms with Crippen LogP contribution in [-0.2, 0) is 16.0 Å². The average Bonchev–Trinajstić information content (AvgIpc) is 2.70. The van der Waals surface area contributed by atoms with Gasteiger partial charge in [-0.05, 0) is 42.7 Å². The van der Waals surface area contributed by atoms with Gasteiger partial charge >= 0.3 is 5.97 Å². The van der Waals surface area contributed by atoms with Crippen LogP contribution in [0.3, 0.4) is 0 Å². The van der Waals surface area contributed by atoms with Crippen LogP contribution in [0.2, 0.25) is 5.02 Å². The summed E-state index contributed by atoms with van der Waals surface area (Å²) in [6, 6.07) is 20.3. The van der Waals surface area contributed by atoms with E-state index in [-0.39, 0.29) is 0 Å². The van der Waals surface area contributed by atoms with Crippen molar-refractivity contribution in [2.75, 3.05) is 5.32 Å². The second-order valence-electron chi connectivity index (χ2n) is 6.22. The zero-order valence-corrected chi connectivity index (χ0v) is 16.0. The number of nitrogens with zero attached hydrogens (tertiary/aromatic N) is 1. The van der Waals surface area contributed by atoms with Crippen molar-refractivity contribution in [3.05, 3.63) is 94.6 Å². The first-order valence-corrected chi connectivity index (χ1v) is 9.16. The molecular weight excluding hydrogens is 376 g/mol. The van der Waals surface area contributed by atoms with E-state index in [0.717, 1.165) is 11.1 Å². The number of amides is 1. The van der Waals surface area contributed by atoms with Crippen LogP contribution in [-0.4, -0.2) is 23.0 Å². The molecule has 2 aromatic carbocycles. The van der Waals surface area contributed by atoms with E-state index in [9.17, 15) is 9.59 Å². The summed E-state index contributed by atoms with van der Waals surface area (Å²) in [5, 5.41) is 3.06. The lowest BCUT2D eigenvalue weighted by Gasteiger charge is -2.15. The zero-order chi connectivity index (χ0) is 19.9. The SMILES string of the molecule is CC(OC(=O)c1ccccc1Cc1ccccc1)C(=O)Nc1ccc(Cl)cn1. The molecule has 1 N–H and O–H groups in total. The maximum Gasteiger partial charge on any atom is 0.339 e. The standard InChI is InChI=1S/C22H19ClN2O3/c1-15(21(26)25-20-12-11-18(23)14-24-20)28-22(27)19-10-6-5-9-17(19)13-16-7-3-2-4-8-16/h2-12,14-15H,13H2,1H3,(H,24,25,26). The van der Waals surface area contributed by atoms with Gasteiger partial charge in [0, 0.05) is 6.20 Å². The number of pyridine rings is 1. The summed E-state index contributed by atoms with van der Waals surface area (Å²) >= 11 is 5.78. The van der Waals surface area contributed by atoms with Gasteiger partial charge < -0.3 is 10.1 Å².